The lowest BCUT2D eigenvalue weighted by atomic mass is 10.1. The van der Waals surface area contributed by atoms with Crippen LogP contribution in [0.25, 0.3) is 0 Å². The number of rotatable bonds is 8. The zero-order chi connectivity index (χ0) is 15.9. The van der Waals surface area contributed by atoms with Crippen LogP contribution >= 0.6 is 22.9 Å². The van der Waals surface area contributed by atoms with E-state index in [1.54, 1.807) is 30.5 Å². The van der Waals surface area contributed by atoms with Gasteiger partial charge in [-0.1, -0.05) is 35.1 Å². The normalized spacial score (nSPS) is 10.4. The number of amides is 1. The van der Waals surface area contributed by atoms with Crippen molar-refractivity contribution in [2.75, 3.05) is 11.9 Å². The summed E-state index contributed by atoms with van der Waals surface area (Å²) in [5, 5.41) is 4.24. The summed E-state index contributed by atoms with van der Waals surface area (Å²) in [6, 6.07) is 6.94. The Morgan fingerprint density at radius 3 is 2.77 bits per heavy atom. The molecule has 3 N–H and O–H groups in total. The predicted octanol–water partition coefficient (Wildman–Crippen LogP) is 3.10. The van der Waals surface area contributed by atoms with Crippen molar-refractivity contribution in [3.05, 3.63) is 45.9 Å². The Morgan fingerprint density at radius 1 is 1.27 bits per heavy atom. The molecule has 0 radical (unpaired) electrons. The van der Waals surface area contributed by atoms with Crippen molar-refractivity contribution in [2.24, 2.45) is 5.73 Å². The van der Waals surface area contributed by atoms with E-state index in [4.69, 9.17) is 17.3 Å². The number of nitrogens with zero attached hydrogens (tertiary/aromatic N) is 1. The highest BCUT2D eigenvalue weighted by Gasteiger charge is 2.15. The highest BCUT2D eigenvalue weighted by atomic mass is 35.5. The number of anilines is 1. The summed E-state index contributed by atoms with van der Waals surface area (Å²) in [4.78, 5) is 27.7. The number of unbranched alkanes of at least 4 members (excludes halogenated alkanes) is 1. The maximum absolute atomic E-state index is 12.3. The zero-order valence-corrected chi connectivity index (χ0v) is 13.4. The van der Waals surface area contributed by atoms with Crippen molar-refractivity contribution in [1.82, 2.24) is 4.98 Å². The fourth-order valence-corrected chi connectivity index (χ4v) is 2.88. The average Bonchev–Trinajstić information content (AvgIpc) is 2.95. The van der Waals surface area contributed by atoms with Gasteiger partial charge < -0.3 is 11.1 Å². The molecule has 5 nitrogen and oxygen atoms in total. The van der Waals surface area contributed by atoms with Crippen LogP contribution in [0.3, 0.4) is 0 Å². The Morgan fingerprint density at radius 2 is 2.05 bits per heavy atom. The molecular formula is C15H16ClN3O2S. The first-order chi connectivity index (χ1) is 10.6. The maximum atomic E-state index is 12.3. The Balaban J connectivity index is 1.90. The monoisotopic (exact) mass is 337 g/mol. The largest absolute Gasteiger partial charge is 0.370 e. The summed E-state index contributed by atoms with van der Waals surface area (Å²) < 4.78 is 0. The number of carbonyl (C=O) groups excluding carboxylic acids is 2. The summed E-state index contributed by atoms with van der Waals surface area (Å²) in [5.41, 5.74) is 5.54. The van der Waals surface area contributed by atoms with Gasteiger partial charge in [-0.25, -0.2) is 4.98 Å². The number of thiazole rings is 1. The van der Waals surface area contributed by atoms with Crippen molar-refractivity contribution in [3.63, 3.8) is 0 Å². The first-order valence-corrected chi connectivity index (χ1v) is 8.04. The van der Waals surface area contributed by atoms with Gasteiger partial charge in [0, 0.05) is 18.5 Å². The predicted molar refractivity (Wildman–Crippen MR) is 88.5 cm³/mol. The molecule has 2 rings (SSSR count). The standard InChI is InChI=1S/C15H16ClN3O2S/c16-11-6-2-1-5-10(11)14(21)12-9-19-15(22-12)18-8-4-3-7-13(17)20/h1-2,5-6,9H,3-4,7-8H2,(H2,17,20)(H,18,19). The van der Waals surface area contributed by atoms with Gasteiger partial charge in [0.15, 0.2) is 5.13 Å². The third kappa shape index (κ3) is 4.54. The van der Waals surface area contributed by atoms with E-state index < -0.39 is 0 Å². The smallest absolute Gasteiger partial charge is 0.217 e. The third-order valence-corrected chi connectivity index (χ3v) is 4.26. The van der Waals surface area contributed by atoms with Crippen LogP contribution in [0, 0.1) is 0 Å². The van der Waals surface area contributed by atoms with Crippen LogP contribution in [0.1, 0.15) is 34.5 Å². The molecule has 1 heterocycles. The molecule has 0 aliphatic heterocycles. The lowest BCUT2D eigenvalue weighted by molar-refractivity contribution is -0.118. The SMILES string of the molecule is NC(=O)CCCCNc1ncc(C(=O)c2ccccc2Cl)s1. The van der Waals surface area contributed by atoms with E-state index in [-0.39, 0.29) is 11.7 Å². The molecule has 0 aliphatic carbocycles. The Hall–Kier alpha value is -1.92. The van der Waals surface area contributed by atoms with E-state index in [0.717, 1.165) is 12.8 Å². The van der Waals surface area contributed by atoms with Gasteiger partial charge in [-0.2, -0.15) is 0 Å². The van der Waals surface area contributed by atoms with Crippen LogP contribution in [-0.2, 0) is 4.79 Å². The number of ketones is 1. The van der Waals surface area contributed by atoms with Gasteiger partial charge in [0.1, 0.15) is 0 Å². The number of aromatic nitrogens is 1. The second kappa shape index (κ2) is 7.91. The Labute approximate surface area is 137 Å². The van der Waals surface area contributed by atoms with Crippen LogP contribution < -0.4 is 11.1 Å². The fraction of sp³-hybridized carbons (Fsp3) is 0.267. The molecule has 0 spiro atoms. The van der Waals surface area contributed by atoms with E-state index >= 15 is 0 Å². The zero-order valence-electron chi connectivity index (χ0n) is 11.8. The molecule has 22 heavy (non-hydrogen) atoms. The minimum atomic E-state index is -0.290. The van der Waals surface area contributed by atoms with E-state index in [9.17, 15) is 9.59 Å². The second-order valence-corrected chi connectivity index (χ2v) is 6.13. The number of primary amides is 1. The average molecular weight is 338 g/mol. The van der Waals surface area contributed by atoms with Gasteiger partial charge in [0.25, 0.3) is 0 Å². The number of hydrogen-bond acceptors (Lipinski definition) is 5. The second-order valence-electron chi connectivity index (χ2n) is 4.69. The van der Waals surface area contributed by atoms with Gasteiger partial charge in [-0.05, 0) is 25.0 Å². The molecule has 2 aromatic rings. The van der Waals surface area contributed by atoms with Gasteiger partial charge in [-0.3, -0.25) is 9.59 Å². The molecule has 7 heteroatoms. The minimum Gasteiger partial charge on any atom is -0.370 e. The molecule has 0 fully saturated rings. The molecule has 0 aliphatic rings. The summed E-state index contributed by atoms with van der Waals surface area (Å²) in [5.74, 6) is -0.424. The van der Waals surface area contributed by atoms with Crippen molar-refractivity contribution < 1.29 is 9.59 Å². The van der Waals surface area contributed by atoms with Gasteiger partial charge in [0.05, 0.1) is 16.1 Å². The molecule has 0 saturated heterocycles. The number of hydrogen-bond donors (Lipinski definition) is 2. The number of nitrogens with one attached hydrogen (secondary N) is 1. The highest BCUT2D eigenvalue weighted by Crippen LogP contribution is 2.24. The molecule has 0 bridgehead atoms. The van der Waals surface area contributed by atoms with Crippen LogP contribution in [-0.4, -0.2) is 23.2 Å². The summed E-state index contributed by atoms with van der Waals surface area (Å²) in [6.07, 6.45) is 3.48. The van der Waals surface area contributed by atoms with Gasteiger partial charge in [-0.15, -0.1) is 0 Å². The number of nitrogens with two attached hydrogens (primary N) is 1. The topological polar surface area (TPSA) is 85.1 Å². The van der Waals surface area contributed by atoms with Crippen LogP contribution in [0.2, 0.25) is 5.02 Å². The van der Waals surface area contributed by atoms with Crippen molar-refractivity contribution in [3.8, 4) is 0 Å². The van der Waals surface area contributed by atoms with E-state index in [1.807, 2.05) is 0 Å². The fourth-order valence-electron chi connectivity index (χ4n) is 1.86. The van der Waals surface area contributed by atoms with Crippen molar-refractivity contribution in [1.29, 1.82) is 0 Å². The molecule has 1 aromatic heterocycles. The molecule has 0 saturated carbocycles. The Kier molecular flexibility index (Phi) is 5.91. The summed E-state index contributed by atoms with van der Waals surface area (Å²) in [6.45, 7) is 0.681. The first kappa shape index (κ1) is 16.5. The number of halogens is 1. The number of carbonyl (C=O) groups is 2. The Bertz CT molecular complexity index is 672. The van der Waals surface area contributed by atoms with Crippen molar-refractivity contribution >= 4 is 39.8 Å². The summed E-state index contributed by atoms with van der Waals surface area (Å²) >= 11 is 7.32. The van der Waals surface area contributed by atoms with E-state index in [2.05, 4.69) is 10.3 Å². The highest BCUT2D eigenvalue weighted by molar-refractivity contribution is 7.17. The van der Waals surface area contributed by atoms with Crippen LogP contribution in [0.5, 0.6) is 0 Å². The molecule has 1 aromatic carbocycles. The van der Waals surface area contributed by atoms with Crippen LogP contribution in [0.4, 0.5) is 5.13 Å². The lowest BCUT2D eigenvalue weighted by Crippen LogP contribution is -2.10. The van der Waals surface area contributed by atoms with E-state index in [1.165, 1.54) is 11.3 Å². The minimum absolute atomic E-state index is 0.134. The van der Waals surface area contributed by atoms with E-state index in [0.29, 0.717) is 33.6 Å². The van der Waals surface area contributed by atoms with Gasteiger partial charge in [0.2, 0.25) is 11.7 Å². The third-order valence-electron chi connectivity index (χ3n) is 2.97. The number of benzene rings is 1. The molecule has 116 valence electrons. The molecule has 0 unspecified atom stereocenters. The van der Waals surface area contributed by atoms with Crippen molar-refractivity contribution in [2.45, 2.75) is 19.3 Å². The maximum Gasteiger partial charge on any atom is 0.217 e. The molecule has 0 atom stereocenters. The van der Waals surface area contributed by atoms with Crippen LogP contribution in [0.15, 0.2) is 30.5 Å². The van der Waals surface area contributed by atoms with Gasteiger partial charge >= 0.3 is 0 Å². The quantitative estimate of drug-likeness (QED) is 0.572. The lowest BCUT2D eigenvalue weighted by Gasteiger charge is -2.01. The summed E-state index contributed by atoms with van der Waals surface area (Å²) in [7, 11) is 0. The molecule has 1 amide bonds. The molecular weight excluding hydrogens is 322 g/mol. The first-order valence-electron chi connectivity index (χ1n) is 6.85.